The second-order valence-corrected chi connectivity index (χ2v) is 5.01. The first-order valence-corrected chi connectivity index (χ1v) is 6.67. The highest BCUT2D eigenvalue weighted by atomic mass is 19.1. The van der Waals surface area contributed by atoms with Crippen LogP contribution in [0.4, 0.5) is 9.18 Å². The smallest absolute Gasteiger partial charge is 0.326 e. The zero-order valence-electron chi connectivity index (χ0n) is 11.3. The van der Waals surface area contributed by atoms with Crippen LogP contribution in [0.2, 0.25) is 0 Å². The van der Waals surface area contributed by atoms with Crippen LogP contribution in [0.5, 0.6) is 0 Å². The maximum atomic E-state index is 13.0. The topological polar surface area (TPSA) is 89.9 Å². The van der Waals surface area contributed by atoms with Gasteiger partial charge in [0.1, 0.15) is 11.9 Å². The van der Waals surface area contributed by atoms with Crippen molar-refractivity contribution in [1.82, 2.24) is 10.2 Å². The summed E-state index contributed by atoms with van der Waals surface area (Å²) in [5, 5.41) is 21.1. The lowest BCUT2D eigenvalue weighted by molar-refractivity contribution is -0.141. The molecular formula is C14H17FN2O4. The quantitative estimate of drug-likeness (QED) is 0.759. The molecule has 0 bridgehead atoms. The monoisotopic (exact) mass is 296 g/mol. The lowest BCUT2D eigenvalue weighted by atomic mass is 10.1. The van der Waals surface area contributed by atoms with Gasteiger partial charge in [-0.3, -0.25) is 0 Å². The van der Waals surface area contributed by atoms with E-state index in [1.807, 2.05) is 0 Å². The summed E-state index contributed by atoms with van der Waals surface area (Å²) in [6.45, 7) is 0.268. The van der Waals surface area contributed by atoms with Gasteiger partial charge in [-0.1, -0.05) is 12.1 Å². The van der Waals surface area contributed by atoms with Crippen molar-refractivity contribution in [2.24, 2.45) is 0 Å². The standard InChI is InChI=1S/C14H17FN2O4/c15-10-3-1-2-9(6-10)4-5-16-14(21)17-8-11(18)7-12(17)13(19)20/h1-3,6,11-12,18H,4-5,7-8H2,(H,16,21)(H,19,20). The van der Waals surface area contributed by atoms with Crippen molar-refractivity contribution in [3.05, 3.63) is 35.6 Å². The average molecular weight is 296 g/mol. The van der Waals surface area contributed by atoms with Crippen molar-refractivity contribution < 1.29 is 24.2 Å². The minimum Gasteiger partial charge on any atom is -0.480 e. The third-order valence-electron chi connectivity index (χ3n) is 3.40. The summed E-state index contributed by atoms with van der Waals surface area (Å²) < 4.78 is 13.0. The fraction of sp³-hybridized carbons (Fsp3) is 0.429. The van der Waals surface area contributed by atoms with Crippen LogP contribution in [0, 0.1) is 5.82 Å². The number of halogens is 1. The highest BCUT2D eigenvalue weighted by molar-refractivity contribution is 5.83. The number of hydrogen-bond acceptors (Lipinski definition) is 3. The maximum absolute atomic E-state index is 13.0. The number of carbonyl (C=O) groups excluding carboxylic acids is 1. The number of aliphatic hydroxyl groups excluding tert-OH is 1. The normalized spacial score (nSPS) is 21.3. The van der Waals surface area contributed by atoms with Gasteiger partial charge in [0, 0.05) is 19.5 Å². The molecular weight excluding hydrogens is 279 g/mol. The number of likely N-dealkylation sites (tertiary alicyclic amines) is 1. The first kappa shape index (κ1) is 15.2. The van der Waals surface area contributed by atoms with Crippen LogP contribution in [0.3, 0.4) is 0 Å². The molecule has 1 aromatic carbocycles. The van der Waals surface area contributed by atoms with E-state index in [0.29, 0.717) is 6.42 Å². The van der Waals surface area contributed by atoms with E-state index in [-0.39, 0.29) is 25.3 Å². The van der Waals surface area contributed by atoms with E-state index < -0.39 is 24.1 Å². The maximum Gasteiger partial charge on any atom is 0.326 e. The molecule has 0 spiro atoms. The average Bonchev–Trinajstić information content (AvgIpc) is 2.81. The molecule has 3 N–H and O–H groups in total. The number of carbonyl (C=O) groups is 2. The van der Waals surface area contributed by atoms with Crippen LogP contribution in [-0.2, 0) is 11.2 Å². The van der Waals surface area contributed by atoms with Gasteiger partial charge in [0.25, 0.3) is 0 Å². The predicted octanol–water partition coefficient (Wildman–Crippen LogP) is 0.598. The van der Waals surface area contributed by atoms with Crippen LogP contribution >= 0.6 is 0 Å². The van der Waals surface area contributed by atoms with Gasteiger partial charge in [0.15, 0.2) is 0 Å². The van der Waals surface area contributed by atoms with Gasteiger partial charge in [-0.05, 0) is 24.1 Å². The summed E-state index contributed by atoms with van der Waals surface area (Å²) in [5.74, 6) is -1.47. The third-order valence-corrected chi connectivity index (χ3v) is 3.40. The molecule has 1 saturated heterocycles. The summed E-state index contributed by atoms with van der Waals surface area (Å²) in [4.78, 5) is 24.1. The van der Waals surface area contributed by atoms with Crippen molar-refractivity contribution in [1.29, 1.82) is 0 Å². The molecule has 6 nitrogen and oxygen atoms in total. The summed E-state index contributed by atoms with van der Waals surface area (Å²) in [5.41, 5.74) is 0.742. The number of rotatable bonds is 4. The van der Waals surface area contributed by atoms with Crippen LogP contribution in [0.1, 0.15) is 12.0 Å². The molecule has 2 rings (SSSR count). The number of amides is 2. The molecule has 1 heterocycles. The molecule has 0 saturated carbocycles. The summed E-state index contributed by atoms with van der Waals surface area (Å²) in [6.07, 6.45) is -0.343. The molecule has 0 aliphatic carbocycles. The molecule has 2 unspecified atom stereocenters. The Morgan fingerprint density at radius 3 is 2.86 bits per heavy atom. The van der Waals surface area contributed by atoms with Crippen LogP contribution in [0.15, 0.2) is 24.3 Å². The first-order valence-electron chi connectivity index (χ1n) is 6.67. The van der Waals surface area contributed by atoms with Crippen molar-refractivity contribution in [2.75, 3.05) is 13.1 Å². The Kier molecular flexibility index (Phi) is 4.74. The lowest BCUT2D eigenvalue weighted by Gasteiger charge is -2.21. The van der Waals surface area contributed by atoms with Gasteiger partial charge in [-0.25, -0.2) is 14.0 Å². The fourth-order valence-corrected chi connectivity index (χ4v) is 2.38. The molecule has 2 amide bonds. The zero-order valence-corrected chi connectivity index (χ0v) is 11.3. The molecule has 7 heteroatoms. The first-order chi connectivity index (χ1) is 9.97. The molecule has 0 radical (unpaired) electrons. The van der Waals surface area contributed by atoms with Gasteiger partial charge in [-0.2, -0.15) is 0 Å². The van der Waals surface area contributed by atoms with Crippen LogP contribution < -0.4 is 5.32 Å². The Bertz CT molecular complexity index is 537. The molecule has 0 aromatic heterocycles. The predicted molar refractivity (Wildman–Crippen MR) is 72.3 cm³/mol. The van der Waals surface area contributed by atoms with Crippen LogP contribution in [-0.4, -0.2) is 52.3 Å². The van der Waals surface area contributed by atoms with E-state index in [0.717, 1.165) is 10.5 Å². The number of urea groups is 1. The van der Waals surface area contributed by atoms with E-state index in [4.69, 9.17) is 5.11 Å². The van der Waals surface area contributed by atoms with Crippen molar-refractivity contribution in [2.45, 2.75) is 25.0 Å². The Morgan fingerprint density at radius 1 is 1.43 bits per heavy atom. The SMILES string of the molecule is O=C(O)C1CC(O)CN1C(=O)NCCc1cccc(F)c1. The van der Waals surface area contributed by atoms with Crippen molar-refractivity contribution in [3.8, 4) is 0 Å². The third kappa shape index (κ3) is 3.91. The minimum atomic E-state index is -1.13. The van der Waals surface area contributed by atoms with Gasteiger partial charge >= 0.3 is 12.0 Å². The number of carboxylic acids is 1. The molecule has 114 valence electrons. The number of carboxylic acid groups (broad SMARTS) is 1. The molecule has 1 aliphatic rings. The molecule has 1 aliphatic heterocycles. The van der Waals surface area contributed by atoms with Gasteiger partial charge in [0.2, 0.25) is 0 Å². The number of aliphatic hydroxyl groups is 1. The van der Waals surface area contributed by atoms with E-state index in [9.17, 15) is 19.1 Å². The van der Waals surface area contributed by atoms with Crippen LogP contribution in [0.25, 0.3) is 0 Å². The summed E-state index contributed by atoms with van der Waals surface area (Å²) in [6, 6.07) is 4.51. The van der Waals surface area contributed by atoms with E-state index >= 15 is 0 Å². The van der Waals surface area contributed by atoms with E-state index in [2.05, 4.69) is 5.32 Å². The zero-order chi connectivity index (χ0) is 15.4. The fourth-order valence-electron chi connectivity index (χ4n) is 2.38. The number of benzene rings is 1. The van der Waals surface area contributed by atoms with Gasteiger partial charge in [-0.15, -0.1) is 0 Å². The Balaban J connectivity index is 1.85. The molecule has 21 heavy (non-hydrogen) atoms. The summed E-state index contributed by atoms with van der Waals surface area (Å²) >= 11 is 0. The Labute approximate surface area is 121 Å². The summed E-state index contributed by atoms with van der Waals surface area (Å²) in [7, 11) is 0. The van der Waals surface area contributed by atoms with Gasteiger partial charge in [0.05, 0.1) is 6.10 Å². The van der Waals surface area contributed by atoms with E-state index in [1.54, 1.807) is 12.1 Å². The molecule has 2 atom stereocenters. The van der Waals surface area contributed by atoms with Crippen molar-refractivity contribution >= 4 is 12.0 Å². The highest BCUT2D eigenvalue weighted by Gasteiger charge is 2.38. The Hall–Kier alpha value is -2.15. The number of aliphatic carboxylic acids is 1. The van der Waals surface area contributed by atoms with Gasteiger partial charge < -0.3 is 20.4 Å². The second-order valence-electron chi connectivity index (χ2n) is 5.01. The minimum absolute atomic E-state index is 0.00274. The highest BCUT2D eigenvalue weighted by Crippen LogP contribution is 2.18. The largest absolute Gasteiger partial charge is 0.480 e. The Morgan fingerprint density at radius 2 is 2.19 bits per heavy atom. The van der Waals surface area contributed by atoms with Crippen molar-refractivity contribution in [3.63, 3.8) is 0 Å². The number of nitrogens with one attached hydrogen (secondary N) is 1. The molecule has 1 fully saturated rings. The molecule has 1 aromatic rings. The van der Waals surface area contributed by atoms with E-state index in [1.165, 1.54) is 12.1 Å². The number of nitrogens with zero attached hydrogens (tertiary/aromatic N) is 1. The number of β-amino-alcohol motifs (C(OH)–C–C–N with tert-alkyl or cyclic N) is 1. The number of hydrogen-bond donors (Lipinski definition) is 3. The lowest BCUT2D eigenvalue weighted by Crippen LogP contribution is -2.46. The second kappa shape index (κ2) is 6.53.